The lowest BCUT2D eigenvalue weighted by molar-refractivity contribution is -0.138. The van der Waals surface area contributed by atoms with Crippen molar-refractivity contribution in [3.05, 3.63) is 29.8 Å². The Kier molecular flexibility index (Phi) is 3.12. The van der Waals surface area contributed by atoms with Gasteiger partial charge in [0, 0.05) is 36.8 Å². The summed E-state index contributed by atoms with van der Waals surface area (Å²) >= 11 is 0. The van der Waals surface area contributed by atoms with Gasteiger partial charge in [0.05, 0.1) is 6.54 Å². The number of halogens is 2. The van der Waals surface area contributed by atoms with Crippen molar-refractivity contribution < 1.29 is 18.7 Å². The van der Waals surface area contributed by atoms with E-state index in [0.29, 0.717) is 5.69 Å². The number of carboxylic acid groups (broad SMARTS) is 1. The fourth-order valence-corrected chi connectivity index (χ4v) is 3.28. The standard InChI is InChI=1S/C14H16F2N2O2/c15-10-3-11(16)5-12(4-10)18-8-14(9-18)1-2-17(7-14)6-13(19)20/h3-5H,1-2,6-9H2,(H,19,20). The number of hydrogen-bond donors (Lipinski definition) is 1. The number of anilines is 1. The molecule has 1 N–H and O–H groups in total. The van der Waals surface area contributed by atoms with Gasteiger partial charge < -0.3 is 10.0 Å². The zero-order valence-electron chi connectivity index (χ0n) is 11.0. The molecule has 0 atom stereocenters. The van der Waals surface area contributed by atoms with E-state index in [1.54, 1.807) is 0 Å². The molecule has 2 saturated heterocycles. The zero-order valence-corrected chi connectivity index (χ0v) is 11.0. The fourth-order valence-electron chi connectivity index (χ4n) is 3.28. The monoisotopic (exact) mass is 282 g/mol. The first-order valence-electron chi connectivity index (χ1n) is 6.61. The maximum atomic E-state index is 13.2. The van der Waals surface area contributed by atoms with Crippen molar-refractivity contribution in [2.75, 3.05) is 37.6 Å². The van der Waals surface area contributed by atoms with E-state index in [-0.39, 0.29) is 12.0 Å². The van der Waals surface area contributed by atoms with Crippen molar-refractivity contribution in [3.63, 3.8) is 0 Å². The van der Waals surface area contributed by atoms with E-state index in [0.717, 1.165) is 38.7 Å². The highest BCUT2D eigenvalue weighted by Crippen LogP contribution is 2.41. The highest BCUT2D eigenvalue weighted by molar-refractivity contribution is 5.69. The van der Waals surface area contributed by atoms with Crippen LogP contribution in [0.15, 0.2) is 18.2 Å². The van der Waals surface area contributed by atoms with Crippen LogP contribution < -0.4 is 4.90 Å². The van der Waals surface area contributed by atoms with Crippen molar-refractivity contribution in [3.8, 4) is 0 Å². The lowest BCUT2D eigenvalue weighted by atomic mass is 9.78. The summed E-state index contributed by atoms with van der Waals surface area (Å²) in [4.78, 5) is 14.6. The Morgan fingerprint density at radius 1 is 1.20 bits per heavy atom. The Hall–Kier alpha value is -1.69. The van der Waals surface area contributed by atoms with Gasteiger partial charge in [-0.05, 0) is 25.1 Å². The molecule has 0 saturated carbocycles. The van der Waals surface area contributed by atoms with E-state index in [9.17, 15) is 13.6 Å². The second-order valence-corrected chi connectivity index (χ2v) is 5.84. The number of benzene rings is 1. The zero-order chi connectivity index (χ0) is 14.3. The molecule has 2 fully saturated rings. The summed E-state index contributed by atoms with van der Waals surface area (Å²) in [5.41, 5.74) is 0.642. The lowest BCUT2D eigenvalue weighted by Crippen LogP contribution is -2.58. The van der Waals surface area contributed by atoms with Crippen LogP contribution in [0, 0.1) is 17.0 Å². The van der Waals surface area contributed by atoms with Gasteiger partial charge in [0.2, 0.25) is 0 Å². The third kappa shape index (κ3) is 2.47. The molecule has 0 unspecified atom stereocenters. The SMILES string of the molecule is O=C(O)CN1CCC2(C1)CN(c1cc(F)cc(F)c1)C2. The molecule has 0 aromatic heterocycles. The minimum absolute atomic E-state index is 0.0658. The van der Waals surface area contributed by atoms with E-state index >= 15 is 0 Å². The maximum Gasteiger partial charge on any atom is 0.317 e. The van der Waals surface area contributed by atoms with Gasteiger partial charge in [0.25, 0.3) is 0 Å². The minimum atomic E-state index is -0.814. The molecule has 0 amide bonds. The largest absolute Gasteiger partial charge is 0.480 e. The van der Waals surface area contributed by atoms with Gasteiger partial charge in [-0.1, -0.05) is 0 Å². The van der Waals surface area contributed by atoms with Gasteiger partial charge in [-0.2, -0.15) is 0 Å². The van der Waals surface area contributed by atoms with Crippen molar-refractivity contribution in [2.45, 2.75) is 6.42 Å². The molecule has 0 radical (unpaired) electrons. The first-order chi connectivity index (χ1) is 9.46. The molecular formula is C14H16F2N2O2. The molecule has 20 heavy (non-hydrogen) atoms. The quantitative estimate of drug-likeness (QED) is 0.914. The second kappa shape index (κ2) is 4.70. The summed E-state index contributed by atoms with van der Waals surface area (Å²) in [5.74, 6) is -1.95. The van der Waals surface area contributed by atoms with Crippen LogP contribution in [0.2, 0.25) is 0 Å². The van der Waals surface area contributed by atoms with Crippen LogP contribution in [-0.4, -0.2) is 48.7 Å². The third-order valence-corrected chi connectivity index (χ3v) is 4.14. The Morgan fingerprint density at radius 2 is 1.85 bits per heavy atom. The first-order valence-corrected chi connectivity index (χ1v) is 6.61. The number of nitrogens with zero attached hydrogens (tertiary/aromatic N) is 2. The normalized spacial score (nSPS) is 21.2. The number of aliphatic carboxylic acids is 1. The van der Waals surface area contributed by atoms with Gasteiger partial charge in [0.15, 0.2) is 0 Å². The van der Waals surface area contributed by atoms with Crippen LogP contribution in [0.4, 0.5) is 14.5 Å². The molecular weight excluding hydrogens is 266 g/mol. The van der Waals surface area contributed by atoms with Gasteiger partial charge in [-0.15, -0.1) is 0 Å². The van der Waals surface area contributed by atoms with E-state index < -0.39 is 17.6 Å². The Balaban J connectivity index is 1.62. The summed E-state index contributed by atoms with van der Waals surface area (Å²) in [6, 6.07) is 3.53. The molecule has 6 heteroatoms. The number of hydrogen-bond acceptors (Lipinski definition) is 3. The molecule has 2 heterocycles. The van der Waals surface area contributed by atoms with E-state index in [1.807, 2.05) is 9.80 Å². The van der Waals surface area contributed by atoms with E-state index in [4.69, 9.17) is 5.11 Å². The molecule has 1 aromatic rings. The molecule has 0 bridgehead atoms. The molecule has 4 nitrogen and oxygen atoms in total. The number of rotatable bonds is 3. The summed E-state index contributed by atoms with van der Waals surface area (Å²) in [6.07, 6.45) is 0.939. The average molecular weight is 282 g/mol. The van der Waals surface area contributed by atoms with Crippen molar-refractivity contribution >= 4 is 11.7 Å². The molecule has 108 valence electrons. The lowest BCUT2D eigenvalue weighted by Gasteiger charge is -2.49. The number of carboxylic acids is 1. The van der Waals surface area contributed by atoms with Gasteiger partial charge in [-0.3, -0.25) is 9.69 Å². The van der Waals surface area contributed by atoms with Crippen LogP contribution >= 0.6 is 0 Å². The molecule has 1 spiro atoms. The Morgan fingerprint density at radius 3 is 2.45 bits per heavy atom. The molecule has 0 aliphatic carbocycles. The summed E-state index contributed by atoms with van der Waals surface area (Å²) in [6.45, 7) is 3.04. The van der Waals surface area contributed by atoms with Crippen molar-refractivity contribution in [1.29, 1.82) is 0 Å². The summed E-state index contributed by atoms with van der Waals surface area (Å²) < 4.78 is 26.4. The highest BCUT2D eigenvalue weighted by atomic mass is 19.1. The summed E-state index contributed by atoms with van der Waals surface area (Å²) in [7, 11) is 0. The van der Waals surface area contributed by atoms with E-state index in [1.165, 1.54) is 12.1 Å². The molecule has 2 aliphatic rings. The van der Waals surface area contributed by atoms with Crippen LogP contribution in [0.3, 0.4) is 0 Å². The predicted molar refractivity (Wildman–Crippen MR) is 69.7 cm³/mol. The number of carbonyl (C=O) groups is 1. The maximum absolute atomic E-state index is 13.2. The fraction of sp³-hybridized carbons (Fsp3) is 0.500. The smallest absolute Gasteiger partial charge is 0.317 e. The second-order valence-electron chi connectivity index (χ2n) is 5.84. The summed E-state index contributed by atoms with van der Waals surface area (Å²) in [5, 5.41) is 8.79. The first kappa shape index (κ1) is 13.3. The topological polar surface area (TPSA) is 43.8 Å². The van der Waals surface area contributed by atoms with Crippen LogP contribution in [0.1, 0.15) is 6.42 Å². The van der Waals surface area contributed by atoms with Gasteiger partial charge in [0.1, 0.15) is 11.6 Å². The molecule has 3 rings (SSSR count). The van der Waals surface area contributed by atoms with E-state index in [2.05, 4.69) is 0 Å². The number of likely N-dealkylation sites (tertiary alicyclic amines) is 1. The molecule has 2 aliphatic heterocycles. The van der Waals surface area contributed by atoms with Crippen LogP contribution in [-0.2, 0) is 4.79 Å². The third-order valence-electron chi connectivity index (χ3n) is 4.14. The van der Waals surface area contributed by atoms with Crippen LogP contribution in [0.5, 0.6) is 0 Å². The van der Waals surface area contributed by atoms with Gasteiger partial charge in [-0.25, -0.2) is 8.78 Å². The predicted octanol–water partition coefficient (Wildman–Crippen LogP) is 1.56. The van der Waals surface area contributed by atoms with Gasteiger partial charge >= 0.3 is 5.97 Å². The van der Waals surface area contributed by atoms with Crippen molar-refractivity contribution in [2.24, 2.45) is 5.41 Å². The minimum Gasteiger partial charge on any atom is -0.480 e. The Labute approximate surface area is 115 Å². The van der Waals surface area contributed by atoms with Crippen molar-refractivity contribution in [1.82, 2.24) is 4.90 Å². The highest BCUT2D eigenvalue weighted by Gasteiger charge is 2.47. The Bertz CT molecular complexity index is 524. The average Bonchev–Trinajstić information content (AvgIpc) is 2.68. The van der Waals surface area contributed by atoms with Crippen LogP contribution in [0.25, 0.3) is 0 Å². The molecule has 1 aromatic carbocycles.